The normalized spacial score (nSPS) is 17.5. The van der Waals surface area contributed by atoms with E-state index in [0.717, 1.165) is 39.1 Å². The molecular formula is C14H20N2O3. The highest BCUT2D eigenvalue weighted by atomic mass is 16.6. The van der Waals surface area contributed by atoms with Gasteiger partial charge in [0.1, 0.15) is 0 Å². The van der Waals surface area contributed by atoms with Gasteiger partial charge in [-0.05, 0) is 37.4 Å². The lowest BCUT2D eigenvalue weighted by molar-refractivity contribution is -0.384. The van der Waals surface area contributed by atoms with E-state index in [9.17, 15) is 10.1 Å². The lowest BCUT2D eigenvalue weighted by Crippen LogP contribution is -2.35. The number of nitro benzene ring substituents is 1. The Kier molecular flexibility index (Phi) is 4.87. The summed E-state index contributed by atoms with van der Waals surface area (Å²) in [5.74, 6) is 0.527. The van der Waals surface area contributed by atoms with Gasteiger partial charge in [0.05, 0.1) is 11.5 Å². The number of non-ortho nitro benzene ring substituents is 1. The molecule has 0 unspecified atom stereocenters. The summed E-state index contributed by atoms with van der Waals surface area (Å²) in [5, 5.41) is 10.6. The second-order valence-electron chi connectivity index (χ2n) is 4.96. The van der Waals surface area contributed by atoms with E-state index in [1.54, 1.807) is 19.2 Å². The Morgan fingerprint density at radius 1 is 1.32 bits per heavy atom. The van der Waals surface area contributed by atoms with Crippen LogP contribution in [-0.4, -0.2) is 43.2 Å². The molecule has 1 fully saturated rings. The molecule has 1 saturated heterocycles. The molecule has 0 aromatic heterocycles. The molecule has 0 amide bonds. The van der Waals surface area contributed by atoms with Gasteiger partial charge in [-0.1, -0.05) is 12.1 Å². The van der Waals surface area contributed by atoms with E-state index >= 15 is 0 Å². The van der Waals surface area contributed by atoms with Crippen LogP contribution in [0.3, 0.4) is 0 Å². The summed E-state index contributed by atoms with van der Waals surface area (Å²) in [6.45, 7) is 3.92. The zero-order chi connectivity index (χ0) is 13.7. The van der Waals surface area contributed by atoms with Gasteiger partial charge in [0.2, 0.25) is 0 Å². The Labute approximate surface area is 113 Å². The number of piperidine rings is 1. The van der Waals surface area contributed by atoms with E-state index in [0.29, 0.717) is 5.92 Å². The highest BCUT2D eigenvalue weighted by molar-refractivity contribution is 5.34. The maximum Gasteiger partial charge on any atom is 0.269 e. The minimum Gasteiger partial charge on any atom is -0.383 e. The van der Waals surface area contributed by atoms with Gasteiger partial charge in [0.25, 0.3) is 5.69 Å². The largest absolute Gasteiger partial charge is 0.383 e. The van der Waals surface area contributed by atoms with E-state index < -0.39 is 0 Å². The van der Waals surface area contributed by atoms with Gasteiger partial charge in [-0.2, -0.15) is 0 Å². The molecular weight excluding hydrogens is 244 g/mol. The van der Waals surface area contributed by atoms with Crippen molar-refractivity contribution in [1.82, 2.24) is 4.90 Å². The van der Waals surface area contributed by atoms with Gasteiger partial charge in [-0.15, -0.1) is 0 Å². The lowest BCUT2D eigenvalue weighted by atomic mass is 9.89. The minimum atomic E-state index is -0.350. The van der Waals surface area contributed by atoms with E-state index in [-0.39, 0.29) is 10.6 Å². The zero-order valence-corrected chi connectivity index (χ0v) is 11.2. The number of rotatable bonds is 5. The van der Waals surface area contributed by atoms with Crippen LogP contribution in [0.1, 0.15) is 24.3 Å². The molecule has 1 aliphatic heterocycles. The number of likely N-dealkylation sites (tertiary alicyclic amines) is 1. The highest BCUT2D eigenvalue weighted by Gasteiger charge is 2.20. The summed E-state index contributed by atoms with van der Waals surface area (Å²) >= 11 is 0. The van der Waals surface area contributed by atoms with Crippen molar-refractivity contribution in [1.29, 1.82) is 0 Å². The van der Waals surface area contributed by atoms with Crippen LogP contribution in [-0.2, 0) is 4.74 Å². The molecule has 0 radical (unpaired) electrons. The fourth-order valence-corrected chi connectivity index (χ4v) is 2.58. The quantitative estimate of drug-likeness (QED) is 0.605. The predicted molar refractivity (Wildman–Crippen MR) is 73.4 cm³/mol. The molecule has 104 valence electrons. The molecule has 0 saturated carbocycles. The van der Waals surface area contributed by atoms with Crippen LogP contribution in [0.5, 0.6) is 0 Å². The Bertz CT molecular complexity index is 411. The first kappa shape index (κ1) is 14.0. The second kappa shape index (κ2) is 6.63. The first-order chi connectivity index (χ1) is 9.20. The van der Waals surface area contributed by atoms with Crippen molar-refractivity contribution < 1.29 is 9.66 Å². The average Bonchev–Trinajstić information content (AvgIpc) is 2.46. The molecule has 0 atom stereocenters. The molecule has 1 aromatic carbocycles. The zero-order valence-electron chi connectivity index (χ0n) is 11.2. The van der Waals surface area contributed by atoms with Crippen molar-refractivity contribution in [3.8, 4) is 0 Å². The molecule has 0 aliphatic carbocycles. The van der Waals surface area contributed by atoms with Gasteiger partial charge >= 0.3 is 0 Å². The monoisotopic (exact) mass is 264 g/mol. The Morgan fingerprint density at radius 3 is 2.47 bits per heavy atom. The van der Waals surface area contributed by atoms with Crippen molar-refractivity contribution in [3.63, 3.8) is 0 Å². The van der Waals surface area contributed by atoms with Gasteiger partial charge in [0, 0.05) is 25.8 Å². The smallest absolute Gasteiger partial charge is 0.269 e. The molecule has 0 spiro atoms. The summed E-state index contributed by atoms with van der Waals surface area (Å²) in [4.78, 5) is 12.7. The van der Waals surface area contributed by atoms with Crippen LogP contribution in [0, 0.1) is 10.1 Å². The van der Waals surface area contributed by atoms with Crippen molar-refractivity contribution >= 4 is 5.69 Å². The molecule has 2 rings (SSSR count). The topological polar surface area (TPSA) is 55.6 Å². The van der Waals surface area contributed by atoms with Gasteiger partial charge in [-0.3, -0.25) is 10.1 Å². The third kappa shape index (κ3) is 3.75. The van der Waals surface area contributed by atoms with E-state index in [2.05, 4.69) is 4.90 Å². The van der Waals surface area contributed by atoms with Crippen LogP contribution in [0.4, 0.5) is 5.69 Å². The maximum atomic E-state index is 10.6. The van der Waals surface area contributed by atoms with Crippen LogP contribution in [0.15, 0.2) is 24.3 Å². The number of hydrogen-bond donors (Lipinski definition) is 0. The molecule has 1 heterocycles. The summed E-state index contributed by atoms with van der Waals surface area (Å²) in [6.07, 6.45) is 2.23. The molecule has 5 nitrogen and oxygen atoms in total. The summed E-state index contributed by atoms with van der Waals surface area (Å²) in [6, 6.07) is 7.00. The first-order valence-corrected chi connectivity index (χ1v) is 6.66. The number of benzene rings is 1. The molecule has 19 heavy (non-hydrogen) atoms. The van der Waals surface area contributed by atoms with Crippen LogP contribution in [0.2, 0.25) is 0 Å². The lowest BCUT2D eigenvalue weighted by Gasteiger charge is -2.31. The number of nitro groups is 1. The first-order valence-electron chi connectivity index (χ1n) is 6.66. The molecule has 5 heteroatoms. The standard InChI is InChI=1S/C14H20N2O3/c1-19-11-10-15-8-6-13(7-9-15)12-2-4-14(5-3-12)16(17)18/h2-5,13H,6-11H2,1H3. The van der Waals surface area contributed by atoms with Gasteiger partial charge < -0.3 is 9.64 Å². The van der Waals surface area contributed by atoms with E-state index in [1.807, 2.05) is 12.1 Å². The second-order valence-corrected chi connectivity index (χ2v) is 4.96. The van der Waals surface area contributed by atoms with Crippen molar-refractivity contribution in [2.45, 2.75) is 18.8 Å². The number of nitrogens with zero attached hydrogens (tertiary/aromatic N) is 2. The Hall–Kier alpha value is -1.46. The van der Waals surface area contributed by atoms with Crippen LogP contribution in [0.25, 0.3) is 0 Å². The Morgan fingerprint density at radius 2 is 1.95 bits per heavy atom. The predicted octanol–water partition coefficient (Wildman–Crippen LogP) is 2.42. The van der Waals surface area contributed by atoms with E-state index in [1.165, 1.54) is 5.56 Å². The van der Waals surface area contributed by atoms with Crippen LogP contribution < -0.4 is 0 Å². The van der Waals surface area contributed by atoms with Gasteiger partial charge in [0.15, 0.2) is 0 Å². The van der Waals surface area contributed by atoms with Crippen molar-refractivity contribution in [3.05, 3.63) is 39.9 Å². The third-order valence-corrected chi connectivity index (χ3v) is 3.77. The summed E-state index contributed by atoms with van der Waals surface area (Å²) in [7, 11) is 1.73. The van der Waals surface area contributed by atoms with Crippen LogP contribution >= 0.6 is 0 Å². The molecule has 1 aliphatic rings. The number of hydrogen-bond acceptors (Lipinski definition) is 4. The summed E-state index contributed by atoms with van der Waals surface area (Å²) in [5.41, 5.74) is 1.39. The Balaban J connectivity index is 1.88. The highest BCUT2D eigenvalue weighted by Crippen LogP contribution is 2.28. The molecule has 0 bridgehead atoms. The maximum absolute atomic E-state index is 10.6. The van der Waals surface area contributed by atoms with Crippen molar-refractivity contribution in [2.24, 2.45) is 0 Å². The SMILES string of the molecule is COCCN1CCC(c2ccc([N+](=O)[O-])cc2)CC1. The number of ether oxygens (including phenoxy) is 1. The van der Waals surface area contributed by atoms with Crippen molar-refractivity contribution in [2.75, 3.05) is 33.4 Å². The third-order valence-electron chi connectivity index (χ3n) is 3.77. The van der Waals surface area contributed by atoms with E-state index in [4.69, 9.17) is 4.74 Å². The van der Waals surface area contributed by atoms with Gasteiger partial charge in [-0.25, -0.2) is 0 Å². The number of methoxy groups -OCH3 is 1. The average molecular weight is 264 g/mol. The summed E-state index contributed by atoms with van der Waals surface area (Å²) < 4.78 is 5.09. The fourth-order valence-electron chi connectivity index (χ4n) is 2.58. The molecule has 1 aromatic rings. The minimum absolute atomic E-state index is 0.168. The fraction of sp³-hybridized carbons (Fsp3) is 0.571. The molecule has 0 N–H and O–H groups in total.